The molecule has 0 aliphatic carbocycles. The predicted octanol–water partition coefficient (Wildman–Crippen LogP) is 5.70. The second-order valence-electron chi connectivity index (χ2n) is 9.16. The van der Waals surface area contributed by atoms with E-state index in [0.717, 1.165) is 11.1 Å². The number of nitro groups is 1. The molecular formula is C30H24N2O7. The van der Waals surface area contributed by atoms with Gasteiger partial charge in [0.05, 0.1) is 29.3 Å². The summed E-state index contributed by atoms with van der Waals surface area (Å²) in [7, 11) is 0. The quantitative estimate of drug-likeness (QED) is 0.103. The van der Waals surface area contributed by atoms with Gasteiger partial charge in [0.25, 0.3) is 17.4 Å². The van der Waals surface area contributed by atoms with E-state index in [0.29, 0.717) is 29.2 Å². The minimum atomic E-state index is -0.979. The number of rotatable bonds is 8. The van der Waals surface area contributed by atoms with Crippen molar-refractivity contribution in [2.24, 2.45) is 0 Å². The SMILES string of the molecule is Cc1cccc(COc2ccc(C(O)=C3C(=O)C(=O)N(Cc4ccco4)C3c3ccc([N+](=O)[O-])cc3)cc2)c1. The molecule has 0 bridgehead atoms. The van der Waals surface area contributed by atoms with E-state index in [1.807, 2.05) is 31.2 Å². The Balaban J connectivity index is 1.47. The average molecular weight is 525 g/mol. The van der Waals surface area contributed by atoms with Crippen LogP contribution in [0.15, 0.2) is 101 Å². The second-order valence-corrected chi connectivity index (χ2v) is 9.16. The van der Waals surface area contributed by atoms with Gasteiger partial charge in [-0.2, -0.15) is 0 Å². The van der Waals surface area contributed by atoms with Crippen LogP contribution in [0.2, 0.25) is 0 Å². The highest BCUT2D eigenvalue weighted by molar-refractivity contribution is 6.46. The number of benzene rings is 3. The number of carbonyl (C=O) groups is 2. The van der Waals surface area contributed by atoms with Crippen LogP contribution in [-0.4, -0.2) is 26.6 Å². The van der Waals surface area contributed by atoms with Gasteiger partial charge in [-0.1, -0.05) is 29.8 Å². The molecule has 2 heterocycles. The highest BCUT2D eigenvalue weighted by atomic mass is 16.6. The standard InChI is InChI=1S/C30H24N2O7/c1-19-4-2-5-20(16-19)18-39-24-13-9-22(10-14-24)28(33)26-27(21-7-11-23(12-8-21)32(36)37)31(30(35)29(26)34)17-25-6-3-15-38-25/h2-16,27,33H,17-18H2,1H3. The molecular weight excluding hydrogens is 500 g/mol. The average Bonchev–Trinajstić information content (AvgIpc) is 3.54. The fourth-order valence-corrected chi connectivity index (χ4v) is 4.57. The smallest absolute Gasteiger partial charge is 0.296 e. The van der Waals surface area contributed by atoms with Crippen LogP contribution in [0.3, 0.4) is 0 Å². The topological polar surface area (TPSA) is 123 Å². The van der Waals surface area contributed by atoms with Crippen LogP contribution >= 0.6 is 0 Å². The van der Waals surface area contributed by atoms with Crippen LogP contribution in [0.25, 0.3) is 5.76 Å². The molecule has 0 radical (unpaired) electrons. The molecule has 0 spiro atoms. The van der Waals surface area contributed by atoms with Gasteiger partial charge in [-0.05, 0) is 66.6 Å². The molecule has 9 heteroatoms. The maximum absolute atomic E-state index is 13.2. The molecule has 9 nitrogen and oxygen atoms in total. The zero-order valence-corrected chi connectivity index (χ0v) is 20.9. The number of hydrogen-bond acceptors (Lipinski definition) is 7. The lowest BCUT2D eigenvalue weighted by molar-refractivity contribution is -0.384. The number of aliphatic hydroxyl groups excluding tert-OH is 1. The summed E-state index contributed by atoms with van der Waals surface area (Å²) >= 11 is 0. The van der Waals surface area contributed by atoms with Gasteiger partial charge in [0, 0.05) is 17.7 Å². The molecule has 0 saturated carbocycles. The van der Waals surface area contributed by atoms with Crippen LogP contribution in [0.5, 0.6) is 5.75 Å². The van der Waals surface area contributed by atoms with Crippen molar-refractivity contribution in [2.75, 3.05) is 0 Å². The summed E-state index contributed by atoms with van der Waals surface area (Å²) in [6, 6.07) is 22.4. The maximum Gasteiger partial charge on any atom is 0.296 e. The molecule has 1 aromatic heterocycles. The Morgan fingerprint density at radius 2 is 1.77 bits per heavy atom. The number of non-ortho nitro benzene ring substituents is 1. The number of ketones is 1. The Hall–Kier alpha value is -5.18. The van der Waals surface area contributed by atoms with Crippen LogP contribution in [-0.2, 0) is 22.7 Å². The van der Waals surface area contributed by atoms with Crippen LogP contribution < -0.4 is 4.74 Å². The number of furan rings is 1. The summed E-state index contributed by atoms with van der Waals surface area (Å²) in [5, 5.41) is 22.4. The van der Waals surface area contributed by atoms with Gasteiger partial charge >= 0.3 is 0 Å². The lowest BCUT2D eigenvalue weighted by Crippen LogP contribution is -2.29. The first-order valence-corrected chi connectivity index (χ1v) is 12.2. The summed E-state index contributed by atoms with van der Waals surface area (Å²) in [6.45, 7) is 2.34. The highest BCUT2D eigenvalue weighted by Gasteiger charge is 2.46. The zero-order chi connectivity index (χ0) is 27.5. The molecule has 5 rings (SSSR count). The number of carbonyl (C=O) groups excluding carboxylic acids is 2. The first kappa shape index (κ1) is 25.5. The first-order valence-electron chi connectivity index (χ1n) is 12.2. The Bertz CT molecular complexity index is 1560. The fraction of sp³-hybridized carbons (Fsp3) is 0.133. The Kier molecular flexibility index (Phi) is 6.96. The number of aliphatic hydroxyl groups is 1. The lowest BCUT2D eigenvalue weighted by Gasteiger charge is -2.24. The van der Waals surface area contributed by atoms with Gasteiger partial charge in [-0.15, -0.1) is 0 Å². The van der Waals surface area contributed by atoms with Crippen molar-refractivity contribution in [3.05, 3.63) is 135 Å². The number of nitrogens with zero attached hydrogens (tertiary/aromatic N) is 2. The van der Waals surface area contributed by atoms with E-state index >= 15 is 0 Å². The van der Waals surface area contributed by atoms with Gasteiger partial charge in [-0.25, -0.2) is 0 Å². The molecule has 4 aromatic rings. The fourth-order valence-electron chi connectivity index (χ4n) is 4.57. The highest BCUT2D eigenvalue weighted by Crippen LogP contribution is 2.41. The molecule has 1 aliphatic heterocycles. The number of ether oxygens (including phenoxy) is 1. The number of aryl methyl sites for hydroxylation is 1. The van der Waals surface area contributed by atoms with Gasteiger partial charge in [0.15, 0.2) is 0 Å². The maximum atomic E-state index is 13.2. The third-order valence-electron chi connectivity index (χ3n) is 6.48. The van der Waals surface area contributed by atoms with Crippen LogP contribution in [0.1, 0.15) is 34.1 Å². The van der Waals surface area contributed by atoms with E-state index in [1.165, 1.54) is 35.4 Å². The minimum Gasteiger partial charge on any atom is -0.507 e. The Labute approximate surface area is 223 Å². The molecule has 1 amide bonds. The van der Waals surface area contributed by atoms with E-state index in [4.69, 9.17) is 9.15 Å². The van der Waals surface area contributed by atoms with Crippen molar-refractivity contribution in [2.45, 2.75) is 26.1 Å². The van der Waals surface area contributed by atoms with E-state index in [-0.39, 0.29) is 23.6 Å². The summed E-state index contributed by atoms with van der Waals surface area (Å²) in [5.41, 5.74) is 2.65. The van der Waals surface area contributed by atoms with Gasteiger partial charge in [0.2, 0.25) is 0 Å². The number of Topliss-reactive ketones (excluding diaryl/α,β-unsaturated/α-hetero) is 1. The molecule has 196 valence electrons. The first-order chi connectivity index (χ1) is 18.8. The number of likely N-dealkylation sites (tertiary alicyclic amines) is 1. The largest absolute Gasteiger partial charge is 0.507 e. The van der Waals surface area contributed by atoms with E-state index in [9.17, 15) is 24.8 Å². The summed E-state index contributed by atoms with van der Waals surface area (Å²) in [6.07, 6.45) is 1.45. The van der Waals surface area contributed by atoms with E-state index in [2.05, 4.69) is 0 Å². The van der Waals surface area contributed by atoms with E-state index < -0.39 is 22.7 Å². The van der Waals surface area contributed by atoms with Crippen LogP contribution in [0, 0.1) is 17.0 Å². The summed E-state index contributed by atoms with van der Waals surface area (Å²) in [4.78, 5) is 38.2. The minimum absolute atomic E-state index is 0.0260. The van der Waals surface area contributed by atoms with E-state index in [1.54, 1.807) is 36.4 Å². The molecule has 1 atom stereocenters. The predicted molar refractivity (Wildman–Crippen MR) is 142 cm³/mol. The van der Waals surface area contributed by atoms with Crippen molar-refractivity contribution in [3.63, 3.8) is 0 Å². The summed E-state index contributed by atoms with van der Waals surface area (Å²) < 4.78 is 11.2. The molecule has 1 N–H and O–H groups in total. The molecule has 1 saturated heterocycles. The van der Waals surface area contributed by atoms with Crippen molar-refractivity contribution in [1.29, 1.82) is 0 Å². The normalized spacial score (nSPS) is 16.4. The lowest BCUT2D eigenvalue weighted by atomic mass is 9.95. The van der Waals surface area contributed by atoms with Crippen molar-refractivity contribution in [1.82, 2.24) is 4.90 Å². The molecule has 1 aliphatic rings. The zero-order valence-electron chi connectivity index (χ0n) is 20.9. The van der Waals surface area contributed by atoms with Crippen molar-refractivity contribution >= 4 is 23.1 Å². The van der Waals surface area contributed by atoms with Gasteiger partial charge in [0.1, 0.15) is 23.9 Å². The molecule has 1 fully saturated rings. The van der Waals surface area contributed by atoms with Crippen molar-refractivity contribution in [3.8, 4) is 5.75 Å². The number of nitro benzene ring substituents is 1. The summed E-state index contributed by atoms with van der Waals surface area (Å²) in [5.74, 6) is -1.02. The third-order valence-corrected chi connectivity index (χ3v) is 6.48. The second kappa shape index (κ2) is 10.7. The van der Waals surface area contributed by atoms with Crippen LogP contribution in [0.4, 0.5) is 5.69 Å². The molecule has 39 heavy (non-hydrogen) atoms. The van der Waals surface area contributed by atoms with Gasteiger partial charge in [-0.3, -0.25) is 19.7 Å². The molecule has 1 unspecified atom stereocenters. The van der Waals surface area contributed by atoms with Gasteiger partial charge < -0.3 is 19.2 Å². The Morgan fingerprint density at radius 1 is 1.03 bits per heavy atom. The monoisotopic (exact) mass is 524 g/mol. The molecule has 3 aromatic carbocycles. The number of amides is 1. The number of hydrogen-bond donors (Lipinski definition) is 1. The van der Waals surface area contributed by atoms with Crippen molar-refractivity contribution < 1.29 is 28.8 Å². The third kappa shape index (κ3) is 5.28. The Morgan fingerprint density at radius 3 is 2.41 bits per heavy atom.